The normalized spacial score (nSPS) is 10.8. The Balaban J connectivity index is 0.000000432. The SMILES string of the molecule is [C-]#[N+]c1c(-c2c(C(C)C)cccc2C(C)C)cccc1-c1c(C(C)C)cccc1C(C)C.[C-]#[N+]c1c(-c2c(C(C)C)cccc2C(C)C)cccc1-c1c(C(C)C)cccc1C(C)C.[CH-]=O.[CH-]=O.[I][Mo][I]. The second-order valence-electron chi connectivity index (χ2n) is 20.2. The molecule has 6 rings (SSSR count). The van der Waals surface area contributed by atoms with Crippen molar-refractivity contribution in [2.45, 2.75) is 158 Å². The van der Waals surface area contributed by atoms with Gasteiger partial charge in [0.1, 0.15) is 0 Å². The van der Waals surface area contributed by atoms with Gasteiger partial charge in [0.2, 0.25) is 11.4 Å². The van der Waals surface area contributed by atoms with E-state index in [1.54, 1.807) is 0 Å². The van der Waals surface area contributed by atoms with Gasteiger partial charge in [-0.1, -0.05) is 220 Å². The van der Waals surface area contributed by atoms with Crippen molar-refractivity contribution >= 4 is 63.7 Å². The number of benzene rings is 6. The number of nitrogens with zero attached hydrogens (tertiary/aromatic N) is 2. The molecule has 0 saturated heterocycles. The minimum atomic E-state index is 0.389. The third kappa shape index (κ3) is 15.4. The van der Waals surface area contributed by atoms with Gasteiger partial charge in [-0.15, -0.1) is 0 Å². The van der Waals surface area contributed by atoms with E-state index in [0.717, 1.165) is 33.6 Å². The molecule has 376 valence electrons. The van der Waals surface area contributed by atoms with Crippen molar-refractivity contribution in [1.29, 1.82) is 0 Å². The van der Waals surface area contributed by atoms with Crippen LogP contribution in [-0.4, -0.2) is 13.6 Å². The summed E-state index contributed by atoms with van der Waals surface area (Å²) < 4.78 is 0. The first kappa shape index (κ1) is 62.9. The molecule has 0 saturated carbocycles. The predicted molar refractivity (Wildman–Crippen MR) is 321 cm³/mol. The molecule has 0 N–H and O–H groups in total. The molecule has 0 heterocycles. The van der Waals surface area contributed by atoms with Gasteiger partial charge in [-0.25, -0.2) is 9.69 Å². The summed E-state index contributed by atoms with van der Waals surface area (Å²) in [7, 11) is 0. The zero-order chi connectivity index (χ0) is 53.9. The first-order chi connectivity index (χ1) is 33.8. The molecule has 0 unspecified atom stereocenters. The average Bonchev–Trinajstić information content (AvgIpc) is 3.36. The van der Waals surface area contributed by atoms with Crippen molar-refractivity contribution < 1.29 is 20.8 Å². The second-order valence-corrected chi connectivity index (χ2v) is 35.6. The van der Waals surface area contributed by atoms with Crippen LogP contribution in [0.4, 0.5) is 11.4 Å². The van der Waals surface area contributed by atoms with Crippen LogP contribution < -0.4 is 0 Å². The van der Waals surface area contributed by atoms with Gasteiger partial charge in [0.15, 0.2) is 0 Å². The van der Waals surface area contributed by atoms with Gasteiger partial charge in [0.05, 0.1) is 13.1 Å². The second kappa shape index (κ2) is 30.7. The summed E-state index contributed by atoms with van der Waals surface area (Å²) in [6, 6.07) is 39.4. The molecule has 0 atom stereocenters. The van der Waals surface area contributed by atoms with E-state index in [1.165, 1.54) is 66.8 Å². The standard InChI is InChI=1S/2C31H37N.2CHO.2HI.Mo/c2*1-19(2)23-13-10-14-24(20(3)4)29(23)27-17-12-18-28(31(27)32-9)30-25(21(5)6)15-11-16-26(30)22(7)8;2*1-2;;;/h2*10-22H,1-8H3;2*1H;2*1H;/q;;2*-1;;;+2/p-2. The van der Waals surface area contributed by atoms with E-state index in [4.69, 9.17) is 22.7 Å². The average molecular weight is 1260 g/mol. The molecule has 0 spiro atoms. The molecule has 71 heavy (non-hydrogen) atoms. The van der Waals surface area contributed by atoms with Gasteiger partial charge >= 0.3 is 49.9 Å². The number of hydrogen-bond acceptors (Lipinski definition) is 2. The van der Waals surface area contributed by atoms with Crippen molar-refractivity contribution in [2.24, 2.45) is 0 Å². The van der Waals surface area contributed by atoms with Crippen LogP contribution in [0, 0.1) is 13.1 Å². The van der Waals surface area contributed by atoms with E-state index in [-0.39, 0.29) is 0 Å². The fourth-order valence-electron chi connectivity index (χ4n) is 9.58. The Labute approximate surface area is 459 Å². The van der Waals surface area contributed by atoms with Crippen molar-refractivity contribution in [1.82, 2.24) is 0 Å². The summed E-state index contributed by atoms with van der Waals surface area (Å²) in [5.41, 5.74) is 21.4. The fourth-order valence-corrected chi connectivity index (χ4v) is 9.58. The Morgan fingerprint density at radius 2 is 0.451 bits per heavy atom. The van der Waals surface area contributed by atoms with E-state index in [2.05, 4.69) is 282 Å². The molecule has 0 aromatic heterocycles. The van der Waals surface area contributed by atoms with E-state index >= 15 is 0 Å². The molecular weight excluding hydrogens is 1180 g/mol. The number of hydrogen-bond donors (Lipinski definition) is 0. The van der Waals surface area contributed by atoms with Crippen LogP contribution in [0.15, 0.2) is 109 Å². The Kier molecular flexibility index (Phi) is 27.2. The Morgan fingerprint density at radius 3 is 0.563 bits per heavy atom. The first-order valence-electron chi connectivity index (χ1n) is 24.7. The minimum absolute atomic E-state index is 0.389. The Morgan fingerprint density at radius 1 is 0.324 bits per heavy atom. The summed E-state index contributed by atoms with van der Waals surface area (Å²) in [6.45, 7) is 58.9. The monoisotopic (exact) mass is 1260 g/mol. The van der Waals surface area contributed by atoms with Gasteiger partial charge in [-0.3, -0.25) is 13.6 Å². The van der Waals surface area contributed by atoms with E-state index in [9.17, 15) is 0 Å². The third-order valence-electron chi connectivity index (χ3n) is 12.9. The van der Waals surface area contributed by atoms with Crippen LogP contribution in [0.1, 0.15) is 203 Å². The van der Waals surface area contributed by atoms with Gasteiger partial charge in [0.25, 0.3) is 0 Å². The molecule has 4 nitrogen and oxygen atoms in total. The molecule has 0 fully saturated rings. The molecule has 0 amide bonds. The molecule has 0 bridgehead atoms. The van der Waals surface area contributed by atoms with Crippen molar-refractivity contribution in [3.63, 3.8) is 0 Å². The van der Waals surface area contributed by atoms with Crippen LogP contribution in [0.5, 0.6) is 0 Å². The van der Waals surface area contributed by atoms with Crippen molar-refractivity contribution in [2.75, 3.05) is 0 Å². The molecule has 6 aromatic rings. The van der Waals surface area contributed by atoms with Crippen molar-refractivity contribution in [3.05, 3.63) is 177 Å². The Bertz CT molecular complexity index is 2280. The van der Waals surface area contributed by atoms with Gasteiger partial charge in [-0.05, 0) is 136 Å². The van der Waals surface area contributed by atoms with Crippen LogP contribution in [0.3, 0.4) is 0 Å². The molecule has 0 aliphatic heterocycles. The zero-order valence-corrected chi connectivity index (χ0v) is 51.4. The van der Waals surface area contributed by atoms with Gasteiger partial charge in [-0.2, -0.15) is 0 Å². The van der Waals surface area contributed by atoms with Crippen LogP contribution in [-0.2, 0) is 20.8 Å². The number of carbonyl (C=O) groups excluding carboxylic acids is 2. The summed E-state index contributed by atoms with van der Waals surface area (Å²) in [4.78, 5) is 23.9. The molecule has 7 heteroatoms. The summed E-state index contributed by atoms with van der Waals surface area (Å²) in [5.74, 6) is 3.11. The molecule has 0 aliphatic carbocycles. The summed E-state index contributed by atoms with van der Waals surface area (Å²) in [6.07, 6.45) is 0. The van der Waals surface area contributed by atoms with E-state index < -0.39 is 0 Å². The Hall–Kier alpha value is -4.21. The maximum absolute atomic E-state index is 8.26. The number of rotatable bonds is 12. The van der Waals surface area contributed by atoms with Gasteiger partial charge in [0, 0.05) is 0 Å². The summed E-state index contributed by atoms with van der Waals surface area (Å²) >= 11 is 5.22. The molecule has 6 aromatic carbocycles. The molecular formula is C64H76I2MoN2O2-2. The van der Waals surface area contributed by atoms with E-state index in [1.807, 2.05) is 0 Å². The molecule has 0 aliphatic rings. The first-order valence-corrected chi connectivity index (χ1v) is 36.6. The quantitative estimate of drug-likeness (QED) is 0.0530. The van der Waals surface area contributed by atoms with E-state index in [0.29, 0.717) is 58.5 Å². The predicted octanol–water partition coefficient (Wildman–Crippen LogP) is 21.4. The van der Waals surface area contributed by atoms with Crippen LogP contribution in [0.2, 0.25) is 0 Å². The number of para-hydroxylation sites is 2. The van der Waals surface area contributed by atoms with Crippen LogP contribution in [0.25, 0.3) is 54.2 Å². The number of halogens is 2. The topological polar surface area (TPSA) is 42.9 Å². The van der Waals surface area contributed by atoms with Crippen LogP contribution >= 0.6 is 38.7 Å². The van der Waals surface area contributed by atoms with Gasteiger partial charge < -0.3 is 9.59 Å². The van der Waals surface area contributed by atoms with Crippen molar-refractivity contribution in [3.8, 4) is 44.5 Å². The third-order valence-corrected chi connectivity index (χ3v) is 12.9. The summed E-state index contributed by atoms with van der Waals surface area (Å²) in [5, 5.41) is 0. The maximum atomic E-state index is 8.26. The fraction of sp³-hybridized carbons (Fsp3) is 0.375. The zero-order valence-electron chi connectivity index (χ0n) is 45.0. The molecule has 0 radical (unpaired) electrons.